The van der Waals surface area contributed by atoms with E-state index in [1.165, 1.54) is 31.2 Å². The Bertz CT molecular complexity index is 645. The highest BCUT2D eigenvalue weighted by Crippen LogP contribution is 2.18. The third-order valence-corrected chi connectivity index (χ3v) is 4.37. The van der Waals surface area contributed by atoms with Crippen LogP contribution < -0.4 is 5.32 Å². The van der Waals surface area contributed by atoms with Crippen LogP contribution in [0.3, 0.4) is 0 Å². The molecule has 0 spiro atoms. The predicted molar refractivity (Wildman–Crippen MR) is 100 cm³/mol. The number of carbonyl (C=O) groups excluding carboxylic acids is 1. The van der Waals surface area contributed by atoms with Gasteiger partial charge in [0.1, 0.15) is 5.82 Å². The molecule has 0 atom stereocenters. The molecular weight excluding hydrogens is 298 g/mol. The maximum absolute atomic E-state index is 11.6. The Labute approximate surface area is 145 Å². The van der Waals surface area contributed by atoms with Crippen LogP contribution in [0, 0.1) is 5.92 Å². The second kappa shape index (κ2) is 9.45. The largest absolute Gasteiger partial charge is 0.356 e. The van der Waals surface area contributed by atoms with Crippen molar-refractivity contribution in [2.24, 2.45) is 5.92 Å². The third-order valence-electron chi connectivity index (χ3n) is 4.37. The van der Waals surface area contributed by atoms with Gasteiger partial charge in [-0.25, -0.2) is 4.98 Å². The lowest BCUT2D eigenvalue weighted by molar-refractivity contribution is -0.123. The van der Waals surface area contributed by atoms with Crippen LogP contribution in [0.15, 0.2) is 24.3 Å². The Morgan fingerprint density at radius 3 is 2.71 bits per heavy atom. The van der Waals surface area contributed by atoms with E-state index in [4.69, 9.17) is 4.98 Å². The number of hydrogen-bond donors (Lipinski definition) is 1. The molecule has 1 aromatic heterocycles. The van der Waals surface area contributed by atoms with E-state index in [9.17, 15) is 4.79 Å². The molecule has 1 N–H and O–H groups in total. The minimum absolute atomic E-state index is 0.0492. The van der Waals surface area contributed by atoms with Crippen molar-refractivity contribution in [2.75, 3.05) is 6.54 Å². The molecule has 0 saturated carbocycles. The molecule has 0 bridgehead atoms. The average molecular weight is 329 g/mol. The van der Waals surface area contributed by atoms with Gasteiger partial charge in [-0.3, -0.25) is 4.79 Å². The highest BCUT2D eigenvalue weighted by Gasteiger charge is 2.10. The molecule has 2 rings (SSSR count). The van der Waals surface area contributed by atoms with Gasteiger partial charge >= 0.3 is 0 Å². The summed E-state index contributed by atoms with van der Waals surface area (Å²) in [4.78, 5) is 16.4. The summed E-state index contributed by atoms with van der Waals surface area (Å²) in [6.45, 7) is 7.84. The first-order chi connectivity index (χ1) is 11.6. The summed E-state index contributed by atoms with van der Waals surface area (Å²) in [5.74, 6) is 1.32. The summed E-state index contributed by atoms with van der Waals surface area (Å²) in [5.41, 5.74) is 2.31. The molecule has 0 aliphatic heterocycles. The molecule has 0 saturated heterocycles. The van der Waals surface area contributed by atoms with Crippen LogP contribution in [0.2, 0.25) is 0 Å². The second-order valence-electron chi connectivity index (χ2n) is 6.78. The second-order valence-corrected chi connectivity index (χ2v) is 6.78. The summed E-state index contributed by atoms with van der Waals surface area (Å²) >= 11 is 0. The number of amides is 1. The number of imidazole rings is 1. The van der Waals surface area contributed by atoms with Crippen molar-refractivity contribution in [3.63, 3.8) is 0 Å². The zero-order valence-corrected chi connectivity index (χ0v) is 15.3. The highest BCUT2D eigenvalue weighted by molar-refractivity contribution is 5.77. The first kappa shape index (κ1) is 18.5. The predicted octanol–water partition coefficient (Wildman–Crippen LogP) is 4.32. The molecule has 1 amide bonds. The lowest BCUT2D eigenvalue weighted by Gasteiger charge is -2.10. The Morgan fingerprint density at radius 1 is 1.17 bits per heavy atom. The number of para-hydroxylation sites is 2. The minimum Gasteiger partial charge on any atom is -0.356 e. The third kappa shape index (κ3) is 5.08. The SMILES string of the molecule is CCCCCCn1c(CCCNC(=O)C(C)C)nc2ccccc21. The van der Waals surface area contributed by atoms with Gasteiger partial charge in [0.15, 0.2) is 0 Å². The van der Waals surface area contributed by atoms with Crippen molar-refractivity contribution in [2.45, 2.75) is 65.8 Å². The lowest BCUT2D eigenvalue weighted by atomic mass is 10.2. The molecule has 132 valence electrons. The summed E-state index contributed by atoms with van der Waals surface area (Å²) in [7, 11) is 0. The maximum atomic E-state index is 11.6. The number of benzene rings is 1. The van der Waals surface area contributed by atoms with Crippen molar-refractivity contribution in [3.8, 4) is 0 Å². The van der Waals surface area contributed by atoms with Crippen LogP contribution in [0.25, 0.3) is 11.0 Å². The summed E-state index contributed by atoms with van der Waals surface area (Å²) in [6.07, 6.45) is 6.85. The van der Waals surface area contributed by atoms with Crippen LogP contribution in [-0.2, 0) is 17.8 Å². The number of aryl methyl sites for hydroxylation is 2. The van der Waals surface area contributed by atoms with Crippen LogP contribution >= 0.6 is 0 Å². The number of nitrogens with zero attached hydrogens (tertiary/aromatic N) is 2. The number of aromatic nitrogens is 2. The standard InChI is InChI=1S/C20H31N3O/c1-4-5-6-9-15-23-18-12-8-7-11-17(18)22-19(23)13-10-14-21-20(24)16(2)3/h7-8,11-12,16H,4-6,9-10,13-15H2,1-3H3,(H,21,24). The van der Waals surface area contributed by atoms with Crippen molar-refractivity contribution in [1.82, 2.24) is 14.9 Å². The number of nitrogens with one attached hydrogen (secondary N) is 1. The number of fused-ring (bicyclic) bond motifs is 1. The quantitative estimate of drug-likeness (QED) is 0.660. The van der Waals surface area contributed by atoms with Gasteiger partial charge in [0.2, 0.25) is 5.91 Å². The fraction of sp³-hybridized carbons (Fsp3) is 0.600. The molecule has 0 radical (unpaired) electrons. The van der Waals surface area contributed by atoms with Gasteiger partial charge < -0.3 is 9.88 Å². The van der Waals surface area contributed by atoms with E-state index in [1.54, 1.807) is 0 Å². The molecule has 0 unspecified atom stereocenters. The topological polar surface area (TPSA) is 46.9 Å². The number of rotatable bonds is 10. The van der Waals surface area contributed by atoms with Gasteiger partial charge in [-0.05, 0) is 25.0 Å². The molecule has 24 heavy (non-hydrogen) atoms. The Morgan fingerprint density at radius 2 is 1.96 bits per heavy atom. The molecule has 4 nitrogen and oxygen atoms in total. The van der Waals surface area contributed by atoms with E-state index in [2.05, 4.69) is 35.0 Å². The van der Waals surface area contributed by atoms with E-state index >= 15 is 0 Å². The summed E-state index contributed by atoms with van der Waals surface area (Å²) < 4.78 is 2.37. The molecule has 2 aromatic rings. The smallest absolute Gasteiger partial charge is 0.222 e. The molecule has 0 aliphatic carbocycles. The Kier molecular flexibility index (Phi) is 7.29. The summed E-state index contributed by atoms with van der Waals surface area (Å²) in [5, 5.41) is 2.99. The maximum Gasteiger partial charge on any atom is 0.222 e. The minimum atomic E-state index is 0.0492. The summed E-state index contributed by atoms with van der Waals surface area (Å²) in [6, 6.07) is 8.37. The van der Waals surface area contributed by atoms with Crippen LogP contribution in [0.5, 0.6) is 0 Å². The normalized spacial score (nSPS) is 11.3. The van der Waals surface area contributed by atoms with Gasteiger partial charge in [0.05, 0.1) is 11.0 Å². The van der Waals surface area contributed by atoms with E-state index in [-0.39, 0.29) is 11.8 Å². The zero-order valence-electron chi connectivity index (χ0n) is 15.3. The van der Waals surface area contributed by atoms with Gasteiger partial charge in [-0.1, -0.05) is 52.2 Å². The van der Waals surface area contributed by atoms with Gasteiger partial charge in [0.25, 0.3) is 0 Å². The molecule has 1 heterocycles. The highest BCUT2D eigenvalue weighted by atomic mass is 16.1. The van der Waals surface area contributed by atoms with E-state index in [0.29, 0.717) is 0 Å². The average Bonchev–Trinajstić information content (AvgIpc) is 2.93. The first-order valence-electron chi connectivity index (χ1n) is 9.35. The van der Waals surface area contributed by atoms with Gasteiger partial charge in [0, 0.05) is 25.4 Å². The number of unbranched alkanes of at least 4 members (excludes halogenated alkanes) is 3. The zero-order chi connectivity index (χ0) is 17.4. The first-order valence-corrected chi connectivity index (χ1v) is 9.35. The van der Waals surface area contributed by atoms with E-state index in [1.807, 2.05) is 19.9 Å². The molecule has 4 heteroatoms. The Hall–Kier alpha value is -1.84. The Balaban J connectivity index is 1.98. The van der Waals surface area contributed by atoms with Crippen LogP contribution in [-0.4, -0.2) is 22.0 Å². The fourth-order valence-corrected chi connectivity index (χ4v) is 2.92. The molecule has 0 aliphatic rings. The van der Waals surface area contributed by atoms with Gasteiger partial charge in [-0.15, -0.1) is 0 Å². The van der Waals surface area contributed by atoms with E-state index < -0.39 is 0 Å². The van der Waals surface area contributed by atoms with Crippen molar-refractivity contribution in [3.05, 3.63) is 30.1 Å². The van der Waals surface area contributed by atoms with Gasteiger partial charge in [-0.2, -0.15) is 0 Å². The van der Waals surface area contributed by atoms with Crippen molar-refractivity contribution >= 4 is 16.9 Å². The van der Waals surface area contributed by atoms with Crippen molar-refractivity contribution < 1.29 is 4.79 Å². The van der Waals surface area contributed by atoms with Crippen molar-refractivity contribution in [1.29, 1.82) is 0 Å². The number of hydrogen-bond acceptors (Lipinski definition) is 2. The number of carbonyl (C=O) groups is 1. The molecule has 0 fully saturated rings. The fourth-order valence-electron chi connectivity index (χ4n) is 2.92. The van der Waals surface area contributed by atoms with Crippen LogP contribution in [0.1, 0.15) is 58.7 Å². The lowest BCUT2D eigenvalue weighted by Crippen LogP contribution is -2.28. The molecule has 1 aromatic carbocycles. The van der Waals surface area contributed by atoms with Crippen LogP contribution in [0.4, 0.5) is 0 Å². The molecular formula is C20H31N3O. The van der Waals surface area contributed by atoms with E-state index in [0.717, 1.165) is 37.3 Å². The monoisotopic (exact) mass is 329 g/mol.